The van der Waals surface area contributed by atoms with E-state index in [1.807, 2.05) is 42.5 Å². The summed E-state index contributed by atoms with van der Waals surface area (Å²) in [6.45, 7) is 2.07. The molecule has 0 aliphatic heterocycles. The Balaban J connectivity index is 1.92. The molecule has 0 unspecified atom stereocenters. The maximum Gasteiger partial charge on any atom is 0.131 e. The molecule has 3 N–H and O–H groups in total. The quantitative estimate of drug-likeness (QED) is 0.681. The zero-order valence-electron chi connectivity index (χ0n) is 10.7. The van der Waals surface area contributed by atoms with Crippen molar-refractivity contribution in [3.05, 3.63) is 59.4 Å². The fourth-order valence-corrected chi connectivity index (χ4v) is 2.06. The largest absolute Gasteiger partial charge is 0.399 e. The molecule has 3 rings (SSSR count). The number of aryl methyl sites for hydroxylation is 1. The van der Waals surface area contributed by atoms with Crippen LogP contribution in [0.15, 0.2) is 42.5 Å². The third kappa shape index (κ3) is 2.50. The van der Waals surface area contributed by atoms with Crippen molar-refractivity contribution in [3.8, 4) is 0 Å². The number of benzene rings is 2. The van der Waals surface area contributed by atoms with Gasteiger partial charge in [0.05, 0.1) is 11.0 Å². The van der Waals surface area contributed by atoms with Gasteiger partial charge in [-0.15, -0.1) is 0 Å². The number of nitrogens with two attached hydrogens (primary N) is 1. The molecule has 0 aliphatic rings. The van der Waals surface area contributed by atoms with Gasteiger partial charge in [0.2, 0.25) is 0 Å². The topological polar surface area (TPSA) is 54.7 Å². The molecule has 0 saturated carbocycles. The third-order valence-corrected chi connectivity index (χ3v) is 3.00. The molecule has 3 heteroatoms. The Labute approximate surface area is 111 Å². The van der Waals surface area contributed by atoms with Crippen molar-refractivity contribution in [2.75, 3.05) is 5.73 Å². The summed E-state index contributed by atoms with van der Waals surface area (Å²) in [5.74, 6) is 0.850. The molecule has 2 aromatic carbocycles. The second-order valence-corrected chi connectivity index (χ2v) is 4.65. The number of fused-ring (bicyclic) bond motifs is 1. The number of nitrogen functional groups attached to an aromatic ring is 1. The summed E-state index contributed by atoms with van der Waals surface area (Å²) >= 11 is 0. The molecular weight excluding hydrogens is 234 g/mol. The number of H-pyrrole nitrogens is 1. The molecule has 0 fully saturated rings. The predicted octanol–water partition coefficient (Wildman–Crippen LogP) is 3.62. The fraction of sp³-hybridized carbons (Fsp3) is 0.0625. The van der Waals surface area contributed by atoms with Gasteiger partial charge in [0.15, 0.2) is 0 Å². The lowest BCUT2D eigenvalue weighted by atomic mass is 10.2. The third-order valence-electron chi connectivity index (χ3n) is 3.00. The second-order valence-electron chi connectivity index (χ2n) is 4.65. The van der Waals surface area contributed by atoms with E-state index in [2.05, 4.69) is 29.0 Å². The van der Waals surface area contributed by atoms with Gasteiger partial charge < -0.3 is 10.7 Å². The lowest BCUT2D eigenvalue weighted by molar-refractivity contribution is 1.29. The van der Waals surface area contributed by atoms with Gasteiger partial charge >= 0.3 is 0 Å². The summed E-state index contributed by atoms with van der Waals surface area (Å²) in [5, 5.41) is 0. The highest BCUT2D eigenvalue weighted by atomic mass is 14.9. The number of hydrogen-bond donors (Lipinski definition) is 2. The van der Waals surface area contributed by atoms with E-state index in [0.717, 1.165) is 28.1 Å². The summed E-state index contributed by atoms with van der Waals surface area (Å²) in [6.07, 6.45) is 3.96. The molecular formula is C16H15N3. The number of rotatable bonds is 2. The second kappa shape index (κ2) is 4.61. The number of aromatic amines is 1. The van der Waals surface area contributed by atoms with Crippen molar-refractivity contribution in [1.82, 2.24) is 9.97 Å². The van der Waals surface area contributed by atoms with Crippen molar-refractivity contribution in [2.24, 2.45) is 0 Å². The minimum atomic E-state index is 0.766. The fourth-order valence-electron chi connectivity index (χ4n) is 2.06. The highest BCUT2D eigenvalue weighted by Gasteiger charge is 1.99. The summed E-state index contributed by atoms with van der Waals surface area (Å²) in [7, 11) is 0. The maximum absolute atomic E-state index is 5.75. The summed E-state index contributed by atoms with van der Waals surface area (Å²) in [5.41, 5.74) is 10.9. The average Bonchev–Trinajstić information content (AvgIpc) is 2.78. The van der Waals surface area contributed by atoms with Crippen molar-refractivity contribution in [3.63, 3.8) is 0 Å². The number of nitrogens with one attached hydrogen (secondary N) is 1. The van der Waals surface area contributed by atoms with Crippen LogP contribution in [0.4, 0.5) is 5.69 Å². The predicted molar refractivity (Wildman–Crippen MR) is 80.6 cm³/mol. The van der Waals surface area contributed by atoms with E-state index < -0.39 is 0 Å². The molecule has 94 valence electrons. The molecule has 0 spiro atoms. The van der Waals surface area contributed by atoms with Gasteiger partial charge in [0, 0.05) is 5.69 Å². The number of nitrogens with zero attached hydrogens (tertiary/aromatic N) is 1. The van der Waals surface area contributed by atoms with Crippen molar-refractivity contribution in [2.45, 2.75) is 6.92 Å². The molecule has 0 radical (unpaired) electrons. The molecule has 19 heavy (non-hydrogen) atoms. The van der Waals surface area contributed by atoms with Crippen LogP contribution in [0.25, 0.3) is 23.2 Å². The van der Waals surface area contributed by atoms with Crippen molar-refractivity contribution >= 4 is 28.9 Å². The van der Waals surface area contributed by atoms with Crippen LogP contribution < -0.4 is 5.73 Å². The molecule has 3 aromatic rings. The van der Waals surface area contributed by atoms with Gasteiger partial charge in [-0.2, -0.15) is 0 Å². The van der Waals surface area contributed by atoms with Crippen LogP contribution >= 0.6 is 0 Å². The van der Waals surface area contributed by atoms with E-state index in [-0.39, 0.29) is 0 Å². The van der Waals surface area contributed by atoms with Crippen LogP contribution in [-0.2, 0) is 0 Å². The van der Waals surface area contributed by atoms with E-state index in [0.29, 0.717) is 0 Å². The Morgan fingerprint density at radius 1 is 1.11 bits per heavy atom. The normalized spacial score (nSPS) is 11.4. The smallest absolute Gasteiger partial charge is 0.131 e. The van der Waals surface area contributed by atoms with E-state index in [1.54, 1.807) is 0 Å². The maximum atomic E-state index is 5.75. The molecule has 0 amide bonds. The Hall–Kier alpha value is -2.55. The van der Waals surface area contributed by atoms with Gasteiger partial charge in [-0.05, 0) is 48.4 Å². The van der Waals surface area contributed by atoms with Crippen LogP contribution in [0, 0.1) is 6.92 Å². The summed E-state index contributed by atoms with van der Waals surface area (Å²) in [4.78, 5) is 7.81. The lowest BCUT2D eigenvalue weighted by Gasteiger charge is -1.94. The van der Waals surface area contributed by atoms with Crippen LogP contribution in [-0.4, -0.2) is 9.97 Å². The number of aromatic nitrogens is 2. The van der Waals surface area contributed by atoms with Crippen LogP contribution in [0.1, 0.15) is 17.0 Å². The molecule has 0 bridgehead atoms. The van der Waals surface area contributed by atoms with Gasteiger partial charge in [0.25, 0.3) is 0 Å². The molecule has 1 heterocycles. The van der Waals surface area contributed by atoms with E-state index in [4.69, 9.17) is 5.73 Å². The van der Waals surface area contributed by atoms with Crippen molar-refractivity contribution < 1.29 is 0 Å². The first kappa shape index (κ1) is 11.5. The monoisotopic (exact) mass is 249 g/mol. The van der Waals surface area contributed by atoms with Crippen LogP contribution in [0.3, 0.4) is 0 Å². The van der Waals surface area contributed by atoms with Gasteiger partial charge in [-0.3, -0.25) is 0 Å². The highest BCUT2D eigenvalue weighted by Crippen LogP contribution is 2.15. The molecule has 0 saturated heterocycles. The van der Waals surface area contributed by atoms with Crippen LogP contribution in [0.5, 0.6) is 0 Å². The van der Waals surface area contributed by atoms with E-state index >= 15 is 0 Å². The first-order valence-electron chi connectivity index (χ1n) is 6.21. The summed E-state index contributed by atoms with van der Waals surface area (Å²) < 4.78 is 0. The highest BCUT2D eigenvalue weighted by molar-refractivity contribution is 5.79. The van der Waals surface area contributed by atoms with E-state index in [1.165, 1.54) is 5.56 Å². The average molecular weight is 249 g/mol. The van der Waals surface area contributed by atoms with Gasteiger partial charge in [-0.1, -0.05) is 24.3 Å². The van der Waals surface area contributed by atoms with Gasteiger partial charge in [0.1, 0.15) is 5.82 Å². The standard InChI is InChI=1S/C16H15N3/c1-11-5-7-14-15(9-11)19-16(18-14)8-6-12-3-2-4-13(17)10-12/h2-10H,17H2,1H3,(H,18,19)/b8-6+. The Bertz CT molecular complexity index is 754. The van der Waals surface area contributed by atoms with Crippen LogP contribution in [0.2, 0.25) is 0 Å². The Morgan fingerprint density at radius 2 is 2.00 bits per heavy atom. The Kier molecular flexibility index (Phi) is 2.80. The molecule has 0 aliphatic carbocycles. The van der Waals surface area contributed by atoms with E-state index in [9.17, 15) is 0 Å². The minimum absolute atomic E-state index is 0.766. The van der Waals surface area contributed by atoms with Gasteiger partial charge in [-0.25, -0.2) is 4.98 Å². The zero-order valence-corrected chi connectivity index (χ0v) is 10.7. The SMILES string of the molecule is Cc1ccc2nc(/C=C/c3cccc(N)c3)[nH]c2c1. The molecule has 3 nitrogen and oxygen atoms in total. The lowest BCUT2D eigenvalue weighted by Crippen LogP contribution is -1.83. The number of hydrogen-bond acceptors (Lipinski definition) is 2. The number of imidazole rings is 1. The van der Waals surface area contributed by atoms with Crippen molar-refractivity contribution in [1.29, 1.82) is 0 Å². The minimum Gasteiger partial charge on any atom is -0.399 e. The summed E-state index contributed by atoms with van der Waals surface area (Å²) in [6, 6.07) is 14.0. The molecule has 0 atom stereocenters. The first-order chi connectivity index (χ1) is 9.20. The number of anilines is 1. The molecule has 1 aromatic heterocycles. The Morgan fingerprint density at radius 3 is 2.84 bits per heavy atom. The zero-order chi connectivity index (χ0) is 13.2. The first-order valence-corrected chi connectivity index (χ1v) is 6.21.